The predicted octanol–water partition coefficient (Wildman–Crippen LogP) is 3.99. The summed E-state index contributed by atoms with van der Waals surface area (Å²) < 4.78 is 0. The van der Waals surface area contributed by atoms with Crippen molar-refractivity contribution >= 4 is 10.9 Å². The number of fused-ring (bicyclic) bond motifs is 1. The van der Waals surface area contributed by atoms with Crippen LogP contribution in [-0.4, -0.2) is 26.4 Å². The van der Waals surface area contributed by atoms with E-state index in [9.17, 15) is 0 Å². The molecule has 2 aromatic heterocycles. The van der Waals surface area contributed by atoms with Gasteiger partial charge in [0.15, 0.2) is 0 Å². The summed E-state index contributed by atoms with van der Waals surface area (Å²) >= 11 is 0. The topological polar surface area (TPSA) is 44.8 Å². The molecule has 3 aromatic rings. The van der Waals surface area contributed by atoms with Gasteiger partial charge in [0, 0.05) is 30.1 Å². The van der Waals surface area contributed by atoms with E-state index in [-0.39, 0.29) is 0 Å². The number of likely N-dealkylation sites (tertiary alicyclic amines) is 1. The van der Waals surface area contributed by atoms with Crippen molar-refractivity contribution in [2.24, 2.45) is 0 Å². The van der Waals surface area contributed by atoms with Gasteiger partial charge < -0.3 is 4.98 Å². The molecule has 23 heavy (non-hydrogen) atoms. The van der Waals surface area contributed by atoms with Crippen LogP contribution in [0.25, 0.3) is 10.9 Å². The van der Waals surface area contributed by atoms with Crippen molar-refractivity contribution in [3.8, 4) is 0 Å². The lowest BCUT2D eigenvalue weighted by molar-refractivity contribution is 0.136. The zero-order valence-corrected chi connectivity index (χ0v) is 13.5. The van der Waals surface area contributed by atoms with Crippen molar-refractivity contribution in [2.45, 2.75) is 38.8 Å². The molecule has 1 saturated heterocycles. The lowest BCUT2D eigenvalue weighted by atomic mass is 9.99. The fourth-order valence-electron chi connectivity index (χ4n) is 3.52. The first-order valence-corrected chi connectivity index (χ1v) is 8.39. The average molecular weight is 306 g/mol. The van der Waals surface area contributed by atoms with Gasteiger partial charge >= 0.3 is 0 Å². The molecule has 1 aliphatic heterocycles. The summed E-state index contributed by atoms with van der Waals surface area (Å²) in [6.45, 7) is 3.97. The van der Waals surface area contributed by atoms with E-state index in [1.54, 1.807) is 0 Å². The van der Waals surface area contributed by atoms with E-state index in [0.717, 1.165) is 24.5 Å². The van der Waals surface area contributed by atoms with Crippen LogP contribution in [0.2, 0.25) is 0 Å². The summed E-state index contributed by atoms with van der Waals surface area (Å²) in [5.41, 5.74) is 4.58. The first-order valence-electron chi connectivity index (χ1n) is 8.39. The normalized spacial score (nSPS) is 19.3. The summed E-state index contributed by atoms with van der Waals surface area (Å²) in [5.74, 6) is 0. The quantitative estimate of drug-likeness (QED) is 0.795. The van der Waals surface area contributed by atoms with Gasteiger partial charge in [-0.1, -0.05) is 24.6 Å². The molecule has 0 radical (unpaired) electrons. The molecule has 4 rings (SSSR count). The number of para-hydroxylation sites is 1. The Labute approximate surface area is 136 Å². The molecule has 4 heteroatoms. The van der Waals surface area contributed by atoms with Crippen LogP contribution in [0.4, 0.5) is 0 Å². The third-order valence-electron chi connectivity index (χ3n) is 4.72. The minimum atomic E-state index is 0.444. The lowest BCUT2D eigenvalue weighted by Gasteiger charge is -2.34. The van der Waals surface area contributed by atoms with E-state index in [1.807, 2.05) is 19.3 Å². The highest BCUT2D eigenvalue weighted by Gasteiger charge is 2.25. The van der Waals surface area contributed by atoms with Crippen LogP contribution in [0.3, 0.4) is 0 Å². The van der Waals surface area contributed by atoms with E-state index in [1.165, 1.54) is 35.9 Å². The van der Waals surface area contributed by atoms with Gasteiger partial charge in [-0.3, -0.25) is 14.9 Å². The molecule has 0 bridgehead atoms. The fraction of sp³-hybridized carbons (Fsp3) is 0.368. The van der Waals surface area contributed by atoms with Gasteiger partial charge in [-0.15, -0.1) is 0 Å². The summed E-state index contributed by atoms with van der Waals surface area (Å²) in [4.78, 5) is 15.1. The van der Waals surface area contributed by atoms with Crippen molar-refractivity contribution in [1.29, 1.82) is 0 Å². The molecule has 3 heterocycles. The number of aromatic nitrogens is 3. The largest absolute Gasteiger partial charge is 0.357 e. The van der Waals surface area contributed by atoms with Gasteiger partial charge in [-0.05, 0) is 43.8 Å². The number of aryl methyl sites for hydroxylation is 1. The van der Waals surface area contributed by atoms with Crippen LogP contribution in [0.5, 0.6) is 0 Å². The number of nitrogens with one attached hydrogen (secondary N) is 1. The van der Waals surface area contributed by atoms with Gasteiger partial charge in [-0.2, -0.15) is 0 Å². The summed E-state index contributed by atoms with van der Waals surface area (Å²) in [6.07, 6.45) is 7.52. The molecule has 118 valence electrons. The Hall–Kier alpha value is -2.20. The van der Waals surface area contributed by atoms with Gasteiger partial charge in [0.05, 0.1) is 17.4 Å². The number of rotatable bonds is 3. The Kier molecular flexibility index (Phi) is 3.83. The monoisotopic (exact) mass is 306 g/mol. The average Bonchev–Trinajstić information content (AvgIpc) is 3.01. The second kappa shape index (κ2) is 6.13. The highest BCUT2D eigenvalue weighted by atomic mass is 15.2. The number of H-pyrrole nitrogens is 1. The lowest BCUT2D eigenvalue weighted by Crippen LogP contribution is -2.33. The predicted molar refractivity (Wildman–Crippen MR) is 92.1 cm³/mol. The van der Waals surface area contributed by atoms with Crippen LogP contribution in [0, 0.1) is 6.92 Å². The highest BCUT2D eigenvalue weighted by Crippen LogP contribution is 2.33. The van der Waals surface area contributed by atoms with Crippen LogP contribution < -0.4 is 0 Å². The molecular formula is C19H22N4. The van der Waals surface area contributed by atoms with E-state index in [0.29, 0.717) is 6.04 Å². The van der Waals surface area contributed by atoms with Crippen molar-refractivity contribution in [3.63, 3.8) is 0 Å². The second-order valence-electron chi connectivity index (χ2n) is 6.44. The van der Waals surface area contributed by atoms with Gasteiger partial charge in [0.1, 0.15) is 0 Å². The Morgan fingerprint density at radius 1 is 1.17 bits per heavy atom. The first-order chi connectivity index (χ1) is 11.3. The van der Waals surface area contributed by atoms with E-state index >= 15 is 0 Å². The molecular weight excluding hydrogens is 284 g/mol. The molecule has 1 atom stereocenters. The smallest absolute Gasteiger partial charge is 0.0727 e. The molecule has 0 aliphatic carbocycles. The van der Waals surface area contributed by atoms with Crippen molar-refractivity contribution < 1.29 is 0 Å². The van der Waals surface area contributed by atoms with E-state index in [2.05, 4.69) is 50.2 Å². The fourth-order valence-corrected chi connectivity index (χ4v) is 3.52. The standard InChI is InChI=1S/C19H22N4/c1-14-11-21-16(12-20-14)13-23-9-5-4-8-19(23)18-10-15-6-2-3-7-17(15)22-18/h2-3,6-7,10-12,19,22H,4-5,8-9,13H2,1H3/t19-/m1/s1. The summed E-state index contributed by atoms with van der Waals surface area (Å²) in [6, 6.07) is 11.3. The number of piperidine rings is 1. The Morgan fingerprint density at radius 2 is 2.09 bits per heavy atom. The minimum Gasteiger partial charge on any atom is -0.357 e. The van der Waals surface area contributed by atoms with Crippen LogP contribution in [-0.2, 0) is 6.54 Å². The van der Waals surface area contributed by atoms with Crippen LogP contribution in [0.15, 0.2) is 42.7 Å². The Bertz CT molecular complexity index is 757. The first kappa shape index (κ1) is 14.4. The van der Waals surface area contributed by atoms with Gasteiger partial charge in [0.25, 0.3) is 0 Å². The molecule has 0 spiro atoms. The molecule has 4 nitrogen and oxygen atoms in total. The highest BCUT2D eigenvalue weighted by molar-refractivity contribution is 5.80. The Morgan fingerprint density at radius 3 is 2.91 bits per heavy atom. The molecule has 1 N–H and O–H groups in total. The molecule has 0 saturated carbocycles. The SMILES string of the molecule is Cc1cnc(CN2CCCC[C@@H]2c2cc3ccccc3[nH]2)cn1. The third-order valence-corrected chi connectivity index (χ3v) is 4.72. The second-order valence-corrected chi connectivity index (χ2v) is 6.44. The third kappa shape index (κ3) is 2.99. The number of hydrogen-bond acceptors (Lipinski definition) is 3. The number of hydrogen-bond donors (Lipinski definition) is 1. The number of aromatic amines is 1. The van der Waals surface area contributed by atoms with Gasteiger partial charge in [0.2, 0.25) is 0 Å². The Balaban J connectivity index is 1.60. The molecule has 1 aromatic carbocycles. The summed E-state index contributed by atoms with van der Waals surface area (Å²) in [7, 11) is 0. The molecule has 0 unspecified atom stereocenters. The van der Waals surface area contributed by atoms with Crippen molar-refractivity contribution in [3.05, 3.63) is 59.8 Å². The zero-order valence-electron chi connectivity index (χ0n) is 13.5. The summed E-state index contributed by atoms with van der Waals surface area (Å²) in [5, 5.41) is 1.29. The zero-order chi connectivity index (χ0) is 15.6. The number of benzene rings is 1. The van der Waals surface area contributed by atoms with Gasteiger partial charge in [-0.25, -0.2) is 0 Å². The van der Waals surface area contributed by atoms with E-state index in [4.69, 9.17) is 0 Å². The molecule has 0 amide bonds. The van der Waals surface area contributed by atoms with Crippen molar-refractivity contribution in [2.75, 3.05) is 6.54 Å². The van der Waals surface area contributed by atoms with Crippen LogP contribution in [0.1, 0.15) is 42.4 Å². The maximum Gasteiger partial charge on any atom is 0.0727 e. The number of nitrogens with zero attached hydrogens (tertiary/aromatic N) is 3. The maximum absolute atomic E-state index is 4.53. The molecule has 1 aliphatic rings. The maximum atomic E-state index is 4.53. The molecule has 1 fully saturated rings. The van der Waals surface area contributed by atoms with Crippen LogP contribution >= 0.6 is 0 Å². The minimum absolute atomic E-state index is 0.444. The van der Waals surface area contributed by atoms with E-state index < -0.39 is 0 Å². The van der Waals surface area contributed by atoms with Crippen molar-refractivity contribution in [1.82, 2.24) is 19.9 Å².